The second-order valence-corrected chi connectivity index (χ2v) is 5.62. The van der Waals surface area contributed by atoms with Crippen LogP contribution in [0.3, 0.4) is 0 Å². The van der Waals surface area contributed by atoms with Gasteiger partial charge in [0.15, 0.2) is 0 Å². The molecule has 0 radical (unpaired) electrons. The highest BCUT2D eigenvalue weighted by atomic mass is 19.1. The molecule has 20 heavy (non-hydrogen) atoms. The summed E-state index contributed by atoms with van der Waals surface area (Å²) in [6, 6.07) is 4.92. The van der Waals surface area contributed by atoms with Gasteiger partial charge in [0.2, 0.25) is 5.91 Å². The summed E-state index contributed by atoms with van der Waals surface area (Å²) in [5.41, 5.74) is 0.0559. The Hall–Kier alpha value is -1.91. The summed E-state index contributed by atoms with van der Waals surface area (Å²) in [5.74, 6) is -1.87. The molecule has 1 aliphatic carbocycles. The van der Waals surface area contributed by atoms with Crippen LogP contribution in [0.25, 0.3) is 0 Å². The van der Waals surface area contributed by atoms with Crippen LogP contribution in [0.4, 0.5) is 4.39 Å². The third-order valence-corrected chi connectivity index (χ3v) is 3.80. The molecule has 0 unspecified atom stereocenters. The monoisotopic (exact) mass is 279 g/mol. The highest BCUT2D eigenvalue weighted by molar-refractivity contribution is 5.94. The maximum atomic E-state index is 12.9. The Morgan fingerprint density at radius 1 is 1.25 bits per heavy atom. The van der Waals surface area contributed by atoms with E-state index in [-0.39, 0.29) is 17.6 Å². The average molecular weight is 279 g/mol. The second-order valence-electron chi connectivity index (χ2n) is 5.62. The minimum Gasteiger partial charge on any atom is -0.480 e. The lowest BCUT2D eigenvalue weighted by atomic mass is 9.93. The topological polar surface area (TPSA) is 66.4 Å². The van der Waals surface area contributed by atoms with Gasteiger partial charge in [0, 0.05) is 0 Å². The molecule has 1 amide bonds. The smallest absolute Gasteiger partial charge is 0.326 e. The molecule has 1 aliphatic rings. The maximum absolute atomic E-state index is 12.9. The standard InChI is InChI=1S/C15H18FNO3/c1-9(2)12(13(18)19)17-14(20)15(7-8-15)10-3-5-11(16)6-4-10/h3-6,9,12H,7-8H2,1-2H3,(H,17,20)(H,18,19)/t12-/m0/s1. The zero-order valence-electron chi connectivity index (χ0n) is 11.5. The van der Waals surface area contributed by atoms with E-state index < -0.39 is 17.4 Å². The van der Waals surface area contributed by atoms with Crippen LogP contribution in [0.15, 0.2) is 24.3 Å². The van der Waals surface area contributed by atoms with Crippen molar-refractivity contribution < 1.29 is 19.1 Å². The van der Waals surface area contributed by atoms with Gasteiger partial charge in [-0.05, 0) is 36.5 Å². The number of carbonyl (C=O) groups is 2. The van der Waals surface area contributed by atoms with Crippen LogP contribution in [0, 0.1) is 11.7 Å². The molecule has 0 bridgehead atoms. The molecule has 0 aromatic heterocycles. The zero-order valence-corrected chi connectivity index (χ0v) is 11.5. The van der Waals surface area contributed by atoms with Crippen LogP contribution in [0.5, 0.6) is 0 Å². The van der Waals surface area contributed by atoms with Crippen molar-refractivity contribution in [3.63, 3.8) is 0 Å². The third kappa shape index (κ3) is 2.66. The lowest BCUT2D eigenvalue weighted by molar-refractivity contribution is -0.143. The highest BCUT2D eigenvalue weighted by Crippen LogP contribution is 2.48. The van der Waals surface area contributed by atoms with Crippen molar-refractivity contribution in [1.82, 2.24) is 5.32 Å². The van der Waals surface area contributed by atoms with Gasteiger partial charge in [0.1, 0.15) is 11.9 Å². The molecule has 2 N–H and O–H groups in total. The van der Waals surface area contributed by atoms with Crippen LogP contribution >= 0.6 is 0 Å². The van der Waals surface area contributed by atoms with Gasteiger partial charge in [-0.15, -0.1) is 0 Å². The van der Waals surface area contributed by atoms with Crippen LogP contribution in [0.1, 0.15) is 32.3 Å². The number of amides is 1. The number of carbonyl (C=O) groups excluding carboxylic acids is 1. The number of nitrogens with one attached hydrogen (secondary N) is 1. The number of hydrogen-bond donors (Lipinski definition) is 2. The fourth-order valence-electron chi connectivity index (χ4n) is 2.33. The molecule has 1 aromatic rings. The molecule has 108 valence electrons. The molecular weight excluding hydrogens is 261 g/mol. The number of rotatable bonds is 5. The van der Waals surface area contributed by atoms with Gasteiger partial charge < -0.3 is 10.4 Å². The van der Waals surface area contributed by atoms with Crippen molar-refractivity contribution >= 4 is 11.9 Å². The molecule has 0 spiro atoms. The summed E-state index contributed by atoms with van der Waals surface area (Å²) in [5, 5.41) is 11.7. The predicted molar refractivity (Wildman–Crippen MR) is 71.7 cm³/mol. The number of carboxylic acids is 1. The molecular formula is C15H18FNO3. The molecule has 4 nitrogen and oxygen atoms in total. The van der Waals surface area contributed by atoms with Gasteiger partial charge in [-0.1, -0.05) is 26.0 Å². The molecule has 0 heterocycles. The van der Waals surface area contributed by atoms with Gasteiger partial charge >= 0.3 is 5.97 Å². The largest absolute Gasteiger partial charge is 0.480 e. The Labute approximate surface area is 117 Å². The molecule has 0 saturated heterocycles. The summed E-state index contributed by atoms with van der Waals surface area (Å²) in [6.07, 6.45) is 1.32. The number of halogens is 1. The van der Waals surface area contributed by atoms with Crippen molar-refractivity contribution in [3.05, 3.63) is 35.6 Å². The van der Waals surface area contributed by atoms with Crippen LogP contribution in [0.2, 0.25) is 0 Å². The van der Waals surface area contributed by atoms with Gasteiger partial charge in [-0.25, -0.2) is 9.18 Å². The minimum atomic E-state index is -1.04. The van der Waals surface area contributed by atoms with E-state index in [1.54, 1.807) is 26.0 Å². The Kier molecular flexibility index (Phi) is 3.79. The fraction of sp³-hybridized carbons (Fsp3) is 0.467. The van der Waals surface area contributed by atoms with E-state index in [4.69, 9.17) is 5.11 Å². The van der Waals surface area contributed by atoms with Crippen LogP contribution < -0.4 is 5.32 Å². The first-order valence-corrected chi connectivity index (χ1v) is 6.66. The molecule has 1 fully saturated rings. The lowest BCUT2D eigenvalue weighted by Gasteiger charge is -2.22. The van der Waals surface area contributed by atoms with E-state index in [1.165, 1.54) is 12.1 Å². The lowest BCUT2D eigenvalue weighted by Crippen LogP contribution is -2.48. The summed E-state index contributed by atoms with van der Waals surface area (Å²) in [4.78, 5) is 23.5. The molecule has 1 aromatic carbocycles. The van der Waals surface area contributed by atoms with Gasteiger partial charge in [0.25, 0.3) is 0 Å². The minimum absolute atomic E-state index is 0.194. The Balaban J connectivity index is 2.16. The van der Waals surface area contributed by atoms with E-state index in [0.717, 1.165) is 5.56 Å². The second kappa shape index (κ2) is 5.23. The van der Waals surface area contributed by atoms with E-state index in [1.807, 2.05) is 0 Å². The van der Waals surface area contributed by atoms with Crippen LogP contribution in [-0.2, 0) is 15.0 Å². The van der Waals surface area contributed by atoms with Crippen molar-refractivity contribution in [2.75, 3.05) is 0 Å². The molecule has 0 aliphatic heterocycles. The average Bonchev–Trinajstić information content (AvgIpc) is 3.17. The van der Waals surface area contributed by atoms with Crippen molar-refractivity contribution in [2.45, 2.75) is 38.1 Å². The molecule has 2 rings (SSSR count). The van der Waals surface area contributed by atoms with Crippen molar-refractivity contribution in [2.24, 2.45) is 5.92 Å². The summed E-state index contributed by atoms with van der Waals surface area (Å²) < 4.78 is 12.9. The first kappa shape index (κ1) is 14.5. The normalized spacial score (nSPS) is 17.6. The number of hydrogen-bond acceptors (Lipinski definition) is 2. The number of carboxylic acid groups (broad SMARTS) is 1. The first-order chi connectivity index (χ1) is 9.36. The van der Waals surface area contributed by atoms with Crippen molar-refractivity contribution in [3.8, 4) is 0 Å². The van der Waals surface area contributed by atoms with Gasteiger partial charge in [-0.2, -0.15) is 0 Å². The van der Waals surface area contributed by atoms with Crippen LogP contribution in [-0.4, -0.2) is 23.0 Å². The van der Waals surface area contributed by atoms with E-state index in [2.05, 4.69) is 5.32 Å². The Morgan fingerprint density at radius 3 is 2.20 bits per heavy atom. The zero-order chi connectivity index (χ0) is 14.9. The molecule has 5 heteroatoms. The van der Waals surface area contributed by atoms with Crippen molar-refractivity contribution in [1.29, 1.82) is 0 Å². The third-order valence-electron chi connectivity index (χ3n) is 3.80. The first-order valence-electron chi connectivity index (χ1n) is 6.66. The SMILES string of the molecule is CC(C)[C@H](NC(=O)C1(c2ccc(F)cc2)CC1)C(=O)O. The summed E-state index contributed by atoms with van der Waals surface area (Å²) in [7, 11) is 0. The fourth-order valence-corrected chi connectivity index (χ4v) is 2.33. The van der Waals surface area contributed by atoms with Gasteiger partial charge in [-0.3, -0.25) is 4.79 Å². The van der Waals surface area contributed by atoms with E-state index in [0.29, 0.717) is 12.8 Å². The quantitative estimate of drug-likeness (QED) is 0.867. The van der Waals surface area contributed by atoms with Gasteiger partial charge in [0.05, 0.1) is 5.41 Å². The molecule has 1 saturated carbocycles. The Bertz CT molecular complexity index is 520. The Morgan fingerprint density at radius 2 is 1.80 bits per heavy atom. The highest BCUT2D eigenvalue weighted by Gasteiger charge is 2.52. The molecule has 1 atom stereocenters. The van der Waals surface area contributed by atoms with E-state index >= 15 is 0 Å². The summed E-state index contributed by atoms with van der Waals surface area (Å²) in [6.45, 7) is 3.49. The summed E-state index contributed by atoms with van der Waals surface area (Å²) >= 11 is 0. The number of aliphatic carboxylic acids is 1. The van der Waals surface area contributed by atoms with E-state index in [9.17, 15) is 14.0 Å². The maximum Gasteiger partial charge on any atom is 0.326 e. The predicted octanol–water partition coefficient (Wildman–Crippen LogP) is 2.08. The number of benzene rings is 1.